The number of phenolic OH excluding ortho intramolecular Hbond substituents is 2. The van der Waals surface area contributed by atoms with Crippen molar-refractivity contribution in [2.45, 2.75) is 13.8 Å². The van der Waals surface area contributed by atoms with Gasteiger partial charge in [0.1, 0.15) is 11.5 Å². The SMILES string of the molecule is Cc1ccc(O)cc1.Cc1ccc(O)cc1. The maximum absolute atomic E-state index is 8.76. The van der Waals surface area contributed by atoms with Gasteiger partial charge in [-0.2, -0.15) is 0 Å². The van der Waals surface area contributed by atoms with Gasteiger partial charge in [-0.25, -0.2) is 0 Å². The molecule has 0 spiro atoms. The van der Waals surface area contributed by atoms with Crippen LogP contribution in [0.1, 0.15) is 11.1 Å². The van der Waals surface area contributed by atoms with Crippen molar-refractivity contribution in [1.82, 2.24) is 0 Å². The average molecular weight is 216 g/mol. The zero-order chi connectivity index (χ0) is 12.0. The van der Waals surface area contributed by atoms with Gasteiger partial charge in [0.2, 0.25) is 0 Å². The first-order valence-electron chi connectivity index (χ1n) is 5.09. The van der Waals surface area contributed by atoms with Crippen molar-refractivity contribution in [3.05, 3.63) is 59.7 Å². The largest absolute Gasteiger partial charge is 0.508 e. The molecule has 0 radical (unpaired) electrons. The molecule has 0 bridgehead atoms. The van der Waals surface area contributed by atoms with Gasteiger partial charge in [-0.1, -0.05) is 35.4 Å². The normalized spacial score (nSPS) is 9.12. The molecule has 84 valence electrons. The van der Waals surface area contributed by atoms with E-state index in [4.69, 9.17) is 10.2 Å². The Balaban J connectivity index is 0.000000160. The van der Waals surface area contributed by atoms with Gasteiger partial charge in [0.25, 0.3) is 0 Å². The van der Waals surface area contributed by atoms with Crippen molar-refractivity contribution in [3.63, 3.8) is 0 Å². The van der Waals surface area contributed by atoms with E-state index < -0.39 is 0 Å². The number of phenols is 2. The van der Waals surface area contributed by atoms with Crippen molar-refractivity contribution in [2.75, 3.05) is 0 Å². The van der Waals surface area contributed by atoms with E-state index >= 15 is 0 Å². The Morgan fingerprint density at radius 3 is 1.00 bits per heavy atom. The van der Waals surface area contributed by atoms with Gasteiger partial charge in [0, 0.05) is 0 Å². The topological polar surface area (TPSA) is 40.5 Å². The second kappa shape index (κ2) is 5.81. The molecule has 0 aliphatic rings. The molecule has 2 aromatic carbocycles. The third-order valence-electron chi connectivity index (χ3n) is 2.07. The lowest BCUT2D eigenvalue weighted by Gasteiger charge is -1.89. The second-order valence-corrected chi connectivity index (χ2v) is 3.67. The Morgan fingerprint density at radius 2 is 0.812 bits per heavy atom. The first-order valence-corrected chi connectivity index (χ1v) is 5.09. The van der Waals surface area contributed by atoms with Gasteiger partial charge in [0.05, 0.1) is 0 Å². The third-order valence-corrected chi connectivity index (χ3v) is 2.07. The minimum Gasteiger partial charge on any atom is -0.508 e. The van der Waals surface area contributed by atoms with Gasteiger partial charge >= 0.3 is 0 Å². The van der Waals surface area contributed by atoms with Crippen LogP contribution in [0.15, 0.2) is 48.5 Å². The summed E-state index contributed by atoms with van der Waals surface area (Å²) in [6, 6.07) is 14.2. The van der Waals surface area contributed by atoms with E-state index in [-0.39, 0.29) is 0 Å². The van der Waals surface area contributed by atoms with Gasteiger partial charge < -0.3 is 10.2 Å². The van der Waals surface area contributed by atoms with E-state index in [1.807, 2.05) is 38.1 Å². The zero-order valence-corrected chi connectivity index (χ0v) is 9.51. The Bertz CT molecular complexity index is 330. The Kier molecular flexibility index (Phi) is 4.40. The highest BCUT2D eigenvalue weighted by Gasteiger charge is 1.82. The number of aryl methyl sites for hydroxylation is 2. The molecule has 0 aliphatic heterocycles. The van der Waals surface area contributed by atoms with Crippen LogP contribution in [0.2, 0.25) is 0 Å². The average Bonchev–Trinajstić information content (AvgIpc) is 2.28. The van der Waals surface area contributed by atoms with E-state index in [0.29, 0.717) is 11.5 Å². The summed E-state index contributed by atoms with van der Waals surface area (Å²) in [5.41, 5.74) is 2.34. The van der Waals surface area contributed by atoms with Crippen LogP contribution in [-0.4, -0.2) is 10.2 Å². The van der Waals surface area contributed by atoms with Crippen LogP contribution in [0.25, 0.3) is 0 Å². The Hall–Kier alpha value is -1.96. The molecule has 0 unspecified atom stereocenters. The summed E-state index contributed by atoms with van der Waals surface area (Å²) in [5.74, 6) is 0.659. The molecule has 16 heavy (non-hydrogen) atoms. The van der Waals surface area contributed by atoms with Crippen molar-refractivity contribution >= 4 is 0 Å². The van der Waals surface area contributed by atoms with Crippen LogP contribution >= 0.6 is 0 Å². The van der Waals surface area contributed by atoms with Crippen LogP contribution < -0.4 is 0 Å². The molecule has 2 N–H and O–H groups in total. The zero-order valence-electron chi connectivity index (χ0n) is 9.51. The molecule has 2 heteroatoms. The van der Waals surface area contributed by atoms with E-state index in [0.717, 1.165) is 0 Å². The highest BCUT2D eigenvalue weighted by Crippen LogP contribution is 2.08. The number of hydrogen-bond acceptors (Lipinski definition) is 2. The fraction of sp³-hybridized carbons (Fsp3) is 0.143. The Morgan fingerprint density at radius 1 is 0.562 bits per heavy atom. The van der Waals surface area contributed by atoms with Crippen LogP contribution in [0, 0.1) is 13.8 Å². The van der Waals surface area contributed by atoms with Crippen molar-refractivity contribution in [1.29, 1.82) is 0 Å². The summed E-state index contributed by atoms with van der Waals surface area (Å²) in [6.45, 7) is 3.97. The van der Waals surface area contributed by atoms with E-state index in [2.05, 4.69) is 0 Å². The van der Waals surface area contributed by atoms with Crippen molar-refractivity contribution in [2.24, 2.45) is 0 Å². The lowest BCUT2D eigenvalue weighted by Crippen LogP contribution is -1.66. The number of hydrogen-bond donors (Lipinski definition) is 2. The fourth-order valence-electron chi connectivity index (χ4n) is 1.09. The molecule has 0 heterocycles. The minimum atomic E-state index is 0.329. The molecule has 0 saturated carbocycles. The molecule has 2 rings (SSSR count). The predicted octanol–water partition coefficient (Wildman–Crippen LogP) is 3.40. The molecule has 0 amide bonds. The van der Waals surface area contributed by atoms with E-state index in [1.165, 1.54) is 11.1 Å². The van der Waals surface area contributed by atoms with Crippen molar-refractivity contribution in [3.8, 4) is 11.5 Å². The monoisotopic (exact) mass is 216 g/mol. The quantitative estimate of drug-likeness (QED) is 0.708. The molecule has 0 atom stereocenters. The predicted molar refractivity (Wildman–Crippen MR) is 65.7 cm³/mol. The molecule has 2 nitrogen and oxygen atoms in total. The van der Waals surface area contributed by atoms with Gasteiger partial charge in [-0.3, -0.25) is 0 Å². The van der Waals surface area contributed by atoms with Gasteiger partial charge in [-0.15, -0.1) is 0 Å². The maximum atomic E-state index is 8.76. The van der Waals surface area contributed by atoms with Crippen LogP contribution in [-0.2, 0) is 0 Å². The summed E-state index contributed by atoms with van der Waals surface area (Å²) in [6.07, 6.45) is 0. The minimum absolute atomic E-state index is 0.329. The van der Waals surface area contributed by atoms with E-state index in [9.17, 15) is 0 Å². The first kappa shape index (κ1) is 12.1. The third kappa shape index (κ3) is 4.51. The maximum Gasteiger partial charge on any atom is 0.115 e. The van der Waals surface area contributed by atoms with Crippen LogP contribution in [0.4, 0.5) is 0 Å². The molecular formula is C14H16O2. The molecule has 0 fully saturated rings. The van der Waals surface area contributed by atoms with Crippen molar-refractivity contribution < 1.29 is 10.2 Å². The smallest absolute Gasteiger partial charge is 0.115 e. The summed E-state index contributed by atoms with van der Waals surface area (Å²) < 4.78 is 0. The van der Waals surface area contributed by atoms with Gasteiger partial charge in [-0.05, 0) is 38.1 Å². The lowest BCUT2D eigenvalue weighted by atomic mass is 10.2. The van der Waals surface area contributed by atoms with E-state index in [1.54, 1.807) is 24.3 Å². The first-order chi connectivity index (χ1) is 7.58. The summed E-state index contributed by atoms with van der Waals surface area (Å²) in [4.78, 5) is 0. The second-order valence-electron chi connectivity index (χ2n) is 3.67. The Labute approximate surface area is 95.8 Å². The molecule has 0 aromatic heterocycles. The fourth-order valence-corrected chi connectivity index (χ4v) is 1.09. The highest BCUT2D eigenvalue weighted by molar-refractivity contribution is 5.25. The number of rotatable bonds is 0. The van der Waals surface area contributed by atoms with Crippen LogP contribution in [0.5, 0.6) is 11.5 Å². The standard InChI is InChI=1S/2C7H8O/c2*1-6-2-4-7(8)5-3-6/h2*2-5,8H,1H3. The van der Waals surface area contributed by atoms with Crippen LogP contribution in [0.3, 0.4) is 0 Å². The molecule has 0 saturated heterocycles. The molecular weight excluding hydrogens is 200 g/mol. The number of benzene rings is 2. The molecule has 0 aliphatic carbocycles. The summed E-state index contributed by atoms with van der Waals surface area (Å²) in [7, 11) is 0. The summed E-state index contributed by atoms with van der Waals surface area (Å²) in [5, 5.41) is 17.5. The van der Waals surface area contributed by atoms with Gasteiger partial charge in [0.15, 0.2) is 0 Å². The molecule has 2 aromatic rings. The summed E-state index contributed by atoms with van der Waals surface area (Å²) >= 11 is 0. The lowest BCUT2D eigenvalue weighted by molar-refractivity contribution is 0.474. The number of aromatic hydroxyl groups is 2. The highest BCUT2D eigenvalue weighted by atomic mass is 16.3.